The third kappa shape index (κ3) is 6.81. The lowest BCUT2D eigenvalue weighted by Crippen LogP contribution is -2.56. The molecule has 0 bridgehead atoms. The van der Waals surface area contributed by atoms with Crippen LogP contribution in [0.5, 0.6) is 0 Å². The van der Waals surface area contributed by atoms with Crippen LogP contribution in [0.4, 0.5) is 5.82 Å². The molecule has 0 amide bonds. The highest BCUT2D eigenvalue weighted by atomic mass is 35.7. The Balaban J connectivity index is 1.89. The van der Waals surface area contributed by atoms with Crippen LogP contribution in [0, 0.1) is 0 Å². The van der Waals surface area contributed by atoms with Gasteiger partial charge < -0.3 is 29.3 Å². The Bertz CT molecular complexity index is 1240. The van der Waals surface area contributed by atoms with Crippen molar-refractivity contribution in [2.75, 3.05) is 12.3 Å². The van der Waals surface area contributed by atoms with Gasteiger partial charge in [0.2, 0.25) is 0 Å². The molecule has 3 heterocycles. The molecule has 3 rings (SSSR count). The first-order chi connectivity index (χ1) is 17.8. The molecule has 0 aromatic carbocycles. The summed E-state index contributed by atoms with van der Waals surface area (Å²) in [6.45, 7) is 12.6. The SMILES string of the molecule is CC(C)OC(=O)C(C)NP(=O)(Cl)OC[C@H]1O[C@@H](n2cnc3c(N)ncnc32)C(C)(O[Si](C)(C)C(C)(C)C)C1O. The summed E-state index contributed by atoms with van der Waals surface area (Å²) in [7, 11) is -2.47. The minimum atomic E-state index is -4.02. The topological polar surface area (TPSA) is 173 Å². The van der Waals surface area contributed by atoms with Crippen LogP contribution in [0.1, 0.15) is 54.7 Å². The second kappa shape index (κ2) is 11.3. The highest BCUT2D eigenvalue weighted by molar-refractivity contribution is 7.83. The van der Waals surface area contributed by atoms with Crippen LogP contribution in [0.2, 0.25) is 18.1 Å². The van der Waals surface area contributed by atoms with E-state index < -0.39 is 51.2 Å². The number of esters is 1. The number of halogens is 1. The predicted molar refractivity (Wildman–Crippen MR) is 150 cm³/mol. The van der Waals surface area contributed by atoms with E-state index in [1.54, 1.807) is 25.3 Å². The van der Waals surface area contributed by atoms with Gasteiger partial charge in [-0.1, -0.05) is 20.8 Å². The van der Waals surface area contributed by atoms with Gasteiger partial charge in [-0.05, 0) is 57.1 Å². The van der Waals surface area contributed by atoms with E-state index in [2.05, 4.69) is 53.9 Å². The fourth-order valence-electron chi connectivity index (χ4n) is 4.04. The van der Waals surface area contributed by atoms with Crippen LogP contribution < -0.4 is 10.8 Å². The Morgan fingerprint density at radius 1 is 1.33 bits per heavy atom. The summed E-state index contributed by atoms with van der Waals surface area (Å²) in [5.41, 5.74) is 5.47. The number of aliphatic hydroxyl groups is 1. The van der Waals surface area contributed by atoms with E-state index in [0.29, 0.717) is 11.2 Å². The van der Waals surface area contributed by atoms with E-state index >= 15 is 0 Å². The van der Waals surface area contributed by atoms with Crippen molar-refractivity contribution in [2.45, 2.75) is 103 Å². The number of carbonyl (C=O) groups excluding carboxylic acids is 1. The van der Waals surface area contributed by atoms with Gasteiger partial charge in [0.1, 0.15) is 35.7 Å². The quantitative estimate of drug-likeness (QED) is 0.203. The number of nitrogens with zero attached hydrogens (tertiary/aromatic N) is 4. The highest BCUT2D eigenvalue weighted by Gasteiger charge is 2.59. The van der Waals surface area contributed by atoms with E-state index in [-0.39, 0.29) is 23.6 Å². The molecule has 220 valence electrons. The van der Waals surface area contributed by atoms with Crippen LogP contribution >= 0.6 is 18.1 Å². The molecule has 1 fully saturated rings. The van der Waals surface area contributed by atoms with Crippen LogP contribution in [0.15, 0.2) is 12.7 Å². The molecule has 0 saturated carbocycles. The zero-order chi connectivity index (χ0) is 29.6. The monoisotopic (exact) mass is 606 g/mol. The normalized spacial score (nSPS) is 26.6. The van der Waals surface area contributed by atoms with Crippen molar-refractivity contribution < 1.29 is 32.9 Å². The van der Waals surface area contributed by atoms with Crippen molar-refractivity contribution in [2.24, 2.45) is 0 Å². The van der Waals surface area contributed by atoms with Crippen LogP contribution in [-0.4, -0.2) is 75.5 Å². The van der Waals surface area contributed by atoms with Crippen molar-refractivity contribution in [1.29, 1.82) is 0 Å². The number of carbonyl (C=O) groups is 1. The molecule has 1 aliphatic rings. The second-order valence-corrected chi connectivity index (χ2v) is 19.2. The zero-order valence-electron chi connectivity index (χ0n) is 23.8. The molecular formula is C23H40ClN6O7PSi. The Morgan fingerprint density at radius 2 is 1.97 bits per heavy atom. The van der Waals surface area contributed by atoms with E-state index in [0.717, 1.165) is 0 Å². The molecule has 1 saturated heterocycles. The number of nitrogens with one attached hydrogen (secondary N) is 1. The molecule has 0 spiro atoms. The molecular weight excluding hydrogens is 567 g/mol. The van der Waals surface area contributed by atoms with Crippen molar-refractivity contribution in [3.05, 3.63) is 12.7 Å². The van der Waals surface area contributed by atoms with Crippen LogP contribution in [0.25, 0.3) is 11.2 Å². The largest absolute Gasteiger partial charge is 0.462 e. The summed E-state index contributed by atoms with van der Waals surface area (Å²) in [5, 5.41) is 13.9. The van der Waals surface area contributed by atoms with Gasteiger partial charge in [0.15, 0.2) is 26.0 Å². The Kier molecular flexibility index (Phi) is 9.26. The maximum Gasteiger partial charge on any atom is 0.361 e. The first kappa shape index (κ1) is 31.9. The van der Waals surface area contributed by atoms with Crippen molar-refractivity contribution in [3.63, 3.8) is 0 Å². The molecule has 6 atom stereocenters. The Morgan fingerprint density at radius 3 is 2.56 bits per heavy atom. The van der Waals surface area contributed by atoms with Crippen molar-refractivity contribution in [1.82, 2.24) is 24.6 Å². The van der Waals surface area contributed by atoms with Crippen molar-refractivity contribution in [3.8, 4) is 0 Å². The second-order valence-electron chi connectivity index (χ2n) is 11.7. The summed E-state index contributed by atoms with van der Waals surface area (Å²) in [6, 6.07) is -0.993. The van der Waals surface area contributed by atoms with Gasteiger partial charge in [-0.15, -0.1) is 0 Å². The van der Waals surface area contributed by atoms with Gasteiger partial charge in [-0.3, -0.25) is 13.9 Å². The van der Waals surface area contributed by atoms with E-state index in [1.165, 1.54) is 19.6 Å². The number of nitrogen functional groups attached to an aromatic ring is 1. The van der Waals surface area contributed by atoms with Gasteiger partial charge in [0.05, 0.1) is 19.0 Å². The number of nitrogens with two attached hydrogens (primary N) is 1. The lowest BCUT2D eigenvalue weighted by molar-refractivity contribution is -0.149. The summed E-state index contributed by atoms with van der Waals surface area (Å²) >= 11 is 6.11. The first-order valence-corrected chi connectivity index (χ1v) is 18.1. The molecule has 13 nitrogen and oxygen atoms in total. The van der Waals surface area contributed by atoms with Gasteiger partial charge in [-0.25, -0.2) is 20.0 Å². The Hall–Kier alpha value is -1.64. The molecule has 4 N–H and O–H groups in total. The van der Waals surface area contributed by atoms with Gasteiger partial charge in [0.25, 0.3) is 0 Å². The predicted octanol–water partition coefficient (Wildman–Crippen LogP) is 3.74. The number of rotatable bonds is 10. The van der Waals surface area contributed by atoms with E-state index in [4.69, 9.17) is 35.4 Å². The first-order valence-electron chi connectivity index (χ1n) is 12.7. The molecule has 4 unspecified atom stereocenters. The third-order valence-electron chi connectivity index (χ3n) is 7.11. The van der Waals surface area contributed by atoms with Crippen LogP contribution in [0.3, 0.4) is 0 Å². The average Bonchev–Trinajstić information content (AvgIpc) is 3.31. The summed E-state index contributed by atoms with van der Waals surface area (Å²) in [4.78, 5) is 24.8. The average molecular weight is 607 g/mol. The zero-order valence-corrected chi connectivity index (χ0v) is 26.5. The minimum absolute atomic E-state index is 0.186. The Labute approximate surface area is 234 Å². The van der Waals surface area contributed by atoms with Gasteiger partial charge in [0, 0.05) is 0 Å². The number of hydrogen-bond donors (Lipinski definition) is 3. The number of aliphatic hydroxyl groups excluding tert-OH is 1. The number of ether oxygens (including phenoxy) is 2. The summed E-state index contributed by atoms with van der Waals surface area (Å²) < 4.78 is 38.2. The fourth-order valence-corrected chi connectivity index (χ4v) is 7.26. The molecule has 0 radical (unpaired) electrons. The summed E-state index contributed by atoms with van der Waals surface area (Å²) in [5.74, 6) is -0.432. The number of hydrogen-bond acceptors (Lipinski definition) is 11. The maximum absolute atomic E-state index is 12.9. The minimum Gasteiger partial charge on any atom is -0.462 e. The van der Waals surface area contributed by atoms with Crippen LogP contribution in [-0.2, 0) is 27.8 Å². The number of fused-ring (bicyclic) bond motifs is 1. The number of imidazole rings is 1. The van der Waals surface area contributed by atoms with Gasteiger partial charge in [-0.2, -0.15) is 0 Å². The molecule has 2 aromatic heterocycles. The van der Waals surface area contributed by atoms with Crippen molar-refractivity contribution >= 4 is 49.4 Å². The van der Waals surface area contributed by atoms with Gasteiger partial charge >= 0.3 is 12.8 Å². The maximum atomic E-state index is 12.9. The standard InChI is InChI=1S/C23H40ClN6O7PSi/c1-13(2)35-20(32)14(3)29-38(24,33)34-10-15-17(31)23(7,37-39(8,9)22(4,5)6)21(36-15)30-12-28-16-18(25)26-11-27-19(16)30/h11-15,17,21,31H,10H2,1-9H3,(H,29,33)(H2,25,26,27)/t14?,15-,17?,21-,23?,38?/m1/s1. The smallest absolute Gasteiger partial charge is 0.361 e. The molecule has 39 heavy (non-hydrogen) atoms. The number of anilines is 1. The van der Waals surface area contributed by atoms with E-state index in [1.807, 2.05) is 0 Å². The lowest BCUT2D eigenvalue weighted by atomic mass is 9.96. The lowest BCUT2D eigenvalue weighted by Gasteiger charge is -2.45. The summed E-state index contributed by atoms with van der Waals surface area (Å²) in [6.07, 6.45) is -0.678. The molecule has 2 aromatic rings. The molecule has 16 heteroatoms. The highest BCUT2D eigenvalue weighted by Crippen LogP contribution is 2.52. The molecule has 1 aliphatic heterocycles. The third-order valence-corrected chi connectivity index (χ3v) is 13.4. The van der Waals surface area contributed by atoms with E-state index in [9.17, 15) is 14.5 Å². The number of aromatic nitrogens is 4. The molecule has 0 aliphatic carbocycles. The fraction of sp³-hybridized carbons (Fsp3) is 0.739.